The Morgan fingerprint density at radius 2 is 1.79 bits per heavy atom. The third-order valence-corrected chi connectivity index (χ3v) is 7.95. The van der Waals surface area contributed by atoms with Gasteiger partial charge >= 0.3 is 0 Å². The second-order valence-electron chi connectivity index (χ2n) is 7.64. The van der Waals surface area contributed by atoms with Gasteiger partial charge in [0.15, 0.2) is 11.5 Å². The van der Waals surface area contributed by atoms with Crippen LogP contribution in [0.5, 0.6) is 0 Å². The summed E-state index contributed by atoms with van der Waals surface area (Å²) in [4.78, 5) is 30.7. The highest BCUT2D eigenvalue weighted by molar-refractivity contribution is 8.09. The van der Waals surface area contributed by atoms with Gasteiger partial charge in [0.2, 0.25) is 20.0 Å². The number of nitrogens with one attached hydrogen (secondary N) is 1. The Morgan fingerprint density at radius 3 is 2.38 bits per heavy atom. The van der Waals surface area contributed by atoms with Crippen molar-refractivity contribution in [1.29, 1.82) is 0 Å². The lowest BCUT2D eigenvalue weighted by molar-refractivity contribution is 0.108. The second kappa shape index (κ2) is 9.93. The molecule has 3 aromatic rings. The van der Waals surface area contributed by atoms with E-state index in [1.807, 2.05) is 6.92 Å². The Hall–Kier alpha value is -3.26. The standard InChI is InChI=1S/C20H26N6O6S2/c1-5-6-9-32-25-18(27)10-16(19-14(2)23-13-24-20(19)25)21-11-15-7-8-17(22-12-15)26(33(3,28)29)34(4,30)31/h7-8,10,12-13,21H,5-6,9,11H2,1-4H3. The van der Waals surface area contributed by atoms with Gasteiger partial charge in [-0.15, -0.1) is 8.44 Å². The van der Waals surface area contributed by atoms with Crippen LogP contribution in [0.15, 0.2) is 35.5 Å². The fourth-order valence-electron chi connectivity index (χ4n) is 3.27. The summed E-state index contributed by atoms with van der Waals surface area (Å²) in [5, 5.41) is 3.76. The van der Waals surface area contributed by atoms with Crippen LogP contribution in [0.4, 0.5) is 11.5 Å². The van der Waals surface area contributed by atoms with Crippen molar-refractivity contribution in [2.75, 3.05) is 28.1 Å². The summed E-state index contributed by atoms with van der Waals surface area (Å²) >= 11 is 0. The van der Waals surface area contributed by atoms with Crippen molar-refractivity contribution in [1.82, 2.24) is 19.7 Å². The van der Waals surface area contributed by atoms with Gasteiger partial charge in [0.25, 0.3) is 5.56 Å². The van der Waals surface area contributed by atoms with Crippen LogP contribution in [0.1, 0.15) is 31.0 Å². The Morgan fingerprint density at radius 1 is 1.09 bits per heavy atom. The number of aromatic nitrogens is 4. The van der Waals surface area contributed by atoms with Crippen molar-refractivity contribution in [2.24, 2.45) is 0 Å². The Labute approximate surface area is 197 Å². The zero-order chi connectivity index (χ0) is 25.1. The molecule has 14 heteroatoms. The average molecular weight is 511 g/mol. The number of sulfonamides is 2. The number of aryl methyl sites for hydroxylation is 1. The van der Waals surface area contributed by atoms with Crippen LogP contribution in [0.25, 0.3) is 11.0 Å². The monoisotopic (exact) mass is 510 g/mol. The van der Waals surface area contributed by atoms with Gasteiger partial charge in [-0.25, -0.2) is 31.8 Å². The Kier molecular flexibility index (Phi) is 7.41. The molecule has 0 radical (unpaired) electrons. The number of unbranched alkanes of at least 4 members (excludes halogenated alkanes) is 1. The van der Waals surface area contributed by atoms with Crippen molar-refractivity contribution in [2.45, 2.75) is 33.2 Å². The van der Waals surface area contributed by atoms with Crippen molar-refractivity contribution in [3.8, 4) is 0 Å². The Balaban J connectivity index is 1.90. The molecule has 0 fully saturated rings. The maximum atomic E-state index is 12.7. The first kappa shape index (κ1) is 25.4. The summed E-state index contributed by atoms with van der Waals surface area (Å²) in [5.74, 6) is -0.240. The van der Waals surface area contributed by atoms with Crippen molar-refractivity contribution < 1.29 is 21.7 Å². The molecule has 0 spiro atoms. The summed E-state index contributed by atoms with van der Waals surface area (Å²) in [5.41, 5.74) is 1.70. The van der Waals surface area contributed by atoms with Crippen molar-refractivity contribution in [3.63, 3.8) is 0 Å². The lowest BCUT2D eigenvalue weighted by Crippen LogP contribution is -2.35. The summed E-state index contributed by atoms with van der Waals surface area (Å²) in [6, 6.07) is 4.23. The lowest BCUT2D eigenvalue weighted by Gasteiger charge is -2.19. The van der Waals surface area contributed by atoms with Gasteiger partial charge in [0, 0.05) is 18.8 Å². The van der Waals surface area contributed by atoms with Gasteiger partial charge in [0.05, 0.1) is 29.3 Å². The molecule has 0 saturated heterocycles. The van der Waals surface area contributed by atoms with E-state index in [2.05, 4.69) is 20.3 Å². The number of pyridine rings is 2. The SMILES string of the molecule is CCCCOn1c(=O)cc(NCc2ccc(N(S(C)(=O)=O)S(C)(=O)=O)nc2)c2c(C)ncnc21. The zero-order valence-electron chi connectivity index (χ0n) is 19.2. The molecular weight excluding hydrogens is 484 g/mol. The number of nitrogens with zero attached hydrogens (tertiary/aromatic N) is 5. The minimum Gasteiger partial charge on any atom is -0.409 e. The molecule has 3 aromatic heterocycles. The maximum Gasteiger partial charge on any atom is 0.287 e. The summed E-state index contributed by atoms with van der Waals surface area (Å²) in [6.45, 7) is 4.40. The molecule has 0 aliphatic rings. The first-order valence-electron chi connectivity index (χ1n) is 10.3. The molecule has 0 aliphatic heterocycles. The first-order valence-corrected chi connectivity index (χ1v) is 14.0. The van der Waals surface area contributed by atoms with E-state index in [-0.39, 0.29) is 16.1 Å². The normalized spacial score (nSPS) is 12.0. The maximum absolute atomic E-state index is 12.7. The fraction of sp³-hybridized carbons (Fsp3) is 0.400. The van der Waals surface area contributed by atoms with Crippen LogP contribution in [0.3, 0.4) is 0 Å². The molecule has 0 bridgehead atoms. The molecular formula is C20H26N6O6S2. The zero-order valence-corrected chi connectivity index (χ0v) is 20.9. The highest BCUT2D eigenvalue weighted by Crippen LogP contribution is 2.23. The molecule has 184 valence electrons. The second-order valence-corrected chi connectivity index (χ2v) is 11.5. The number of fused-ring (bicyclic) bond motifs is 1. The van der Waals surface area contributed by atoms with Crippen molar-refractivity contribution >= 4 is 42.6 Å². The van der Waals surface area contributed by atoms with Gasteiger partial charge in [-0.05, 0) is 25.0 Å². The largest absolute Gasteiger partial charge is 0.409 e. The summed E-state index contributed by atoms with van der Waals surface area (Å²) < 4.78 is 49.1. The van der Waals surface area contributed by atoms with Crippen molar-refractivity contribution in [3.05, 3.63) is 52.3 Å². The van der Waals surface area contributed by atoms with E-state index in [1.165, 1.54) is 24.7 Å². The third-order valence-electron chi connectivity index (χ3n) is 4.75. The minimum absolute atomic E-state index is 0.217. The van der Waals surface area contributed by atoms with Crippen LogP contribution in [-0.4, -0.2) is 55.6 Å². The van der Waals surface area contributed by atoms with E-state index >= 15 is 0 Å². The highest BCUT2D eigenvalue weighted by Gasteiger charge is 2.28. The topological polar surface area (TPSA) is 153 Å². The molecule has 0 amide bonds. The predicted octanol–water partition coefficient (Wildman–Crippen LogP) is 1.06. The quantitative estimate of drug-likeness (QED) is 0.392. The van der Waals surface area contributed by atoms with Gasteiger partial charge in [-0.1, -0.05) is 19.4 Å². The summed E-state index contributed by atoms with van der Waals surface area (Å²) in [7, 11) is -8.17. The number of hydrogen-bond acceptors (Lipinski definition) is 10. The van der Waals surface area contributed by atoms with E-state index in [0.29, 0.717) is 34.6 Å². The number of hydrogen-bond donors (Lipinski definition) is 1. The van der Waals surface area contributed by atoms with E-state index in [1.54, 1.807) is 13.0 Å². The van der Waals surface area contributed by atoms with Gasteiger partial charge in [0.1, 0.15) is 12.9 Å². The fourth-order valence-corrected chi connectivity index (χ4v) is 6.13. The lowest BCUT2D eigenvalue weighted by atomic mass is 10.2. The van der Waals surface area contributed by atoms with E-state index < -0.39 is 25.6 Å². The Bertz CT molecular complexity index is 1420. The van der Waals surface area contributed by atoms with Gasteiger partial charge in [-0.2, -0.15) is 0 Å². The van der Waals surface area contributed by atoms with E-state index in [0.717, 1.165) is 30.1 Å². The summed E-state index contributed by atoms with van der Waals surface area (Å²) in [6.07, 6.45) is 5.99. The van der Waals surface area contributed by atoms with Gasteiger partial charge < -0.3 is 10.2 Å². The van der Waals surface area contributed by atoms with Gasteiger partial charge in [-0.3, -0.25) is 4.79 Å². The highest BCUT2D eigenvalue weighted by atomic mass is 32.3. The van der Waals surface area contributed by atoms with Crippen LogP contribution in [-0.2, 0) is 26.6 Å². The molecule has 34 heavy (non-hydrogen) atoms. The molecule has 12 nitrogen and oxygen atoms in total. The minimum atomic E-state index is -4.09. The molecule has 0 aliphatic carbocycles. The molecule has 0 aromatic carbocycles. The number of rotatable bonds is 10. The average Bonchev–Trinajstić information content (AvgIpc) is 2.73. The van der Waals surface area contributed by atoms with Crippen LogP contribution >= 0.6 is 0 Å². The van der Waals surface area contributed by atoms with Crippen LogP contribution < -0.4 is 19.4 Å². The molecule has 0 atom stereocenters. The predicted molar refractivity (Wildman–Crippen MR) is 129 cm³/mol. The third kappa shape index (κ3) is 5.62. The first-order chi connectivity index (χ1) is 15.9. The molecule has 0 unspecified atom stereocenters. The molecule has 1 N–H and O–H groups in total. The molecule has 3 heterocycles. The molecule has 3 rings (SSSR count). The molecule has 0 saturated carbocycles. The van der Waals surface area contributed by atoms with E-state index in [4.69, 9.17) is 4.84 Å². The van der Waals surface area contributed by atoms with Crippen LogP contribution in [0, 0.1) is 6.92 Å². The smallest absolute Gasteiger partial charge is 0.287 e. The number of anilines is 2. The van der Waals surface area contributed by atoms with Crippen LogP contribution in [0.2, 0.25) is 0 Å². The van der Waals surface area contributed by atoms with E-state index in [9.17, 15) is 21.6 Å².